The first-order chi connectivity index (χ1) is 13.1. The van der Waals surface area contributed by atoms with Gasteiger partial charge in [-0.3, -0.25) is 0 Å². The molecule has 1 aromatic carbocycles. The summed E-state index contributed by atoms with van der Waals surface area (Å²) < 4.78 is 2.33. The van der Waals surface area contributed by atoms with E-state index < -0.39 is 0 Å². The highest BCUT2D eigenvalue weighted by Crippen LogP contribution is 2.30. The van der Waals surface area contributed by atoms with E-state index in [1.54, 1.807) is 0 Å². The molecule has 1 fully saturated rings. The van der Waals surface area contributed by atoms with Gasteiger partial charge in [-0.15, -0.1) is 0 Å². The highest BCUT2D eigenvalue weighted by molar-refractivity contribution is 5.83. The number of piperidine rings is 1. The number of aromatic nitrogens is 3. The van der Waals surface area contributed by atoms with Crippen LogP contribution in [0.5, 0.6) is 0 Å². The molecule has 0 bridgehead atoms. The summed E-state index contributed by atoms with van der Waals surface area (Å²) in [6.07, 6.45) is 6.44. The Bertz CT molecular complexity index is 914. The SMILES string of the molecule is Cc1cc(N2CCC[C@@H](c3nccn3CCN(C)C)C2)nc2ccccc12. The molecule has 142 valence electrons. The molecule has 5 nitrogen and oxygen atoms in total. The van der Waals surface area contributed by atoms with Crippen molar-refractivity contribution in [3.8, 4) is 0 Å². The van der Waals surface area contributed by atoms with Crippen LogP contribution in [0.4, 0.5) is 5.82 Å². The Morgan fingerprint density at radius 2 is 2.07 bits per heavy atom. The van der Waals surface area contributed by atoms with Crippen LogP contribution in [-0.2, 0) is 6.54 Å². The molecule has 2 aromatic heterocycles. The zero-order valence-electron chi connectivity index (χ0n) is 16.6. The maximum absolute atomic E-state index is 4.95. The molecule has 0 spiro atoms. The van der Waals surface area contributed by atoms with Gasteiger partial charge >= 0.3 is 0 Å². The lowest BCUT2D eigenvalue weighted by atomic mass is 9.97. The molecule has 0 amide bonds. The number of hydrogen-bond donors (Lipinski definition) is 0. The monoisotopic (exact) mass is 363 g/mol. The number of aryl methyl sites for hydroxylation is 1. The van der Waals surface area contributed by atoms with Gasteiger partial charge in [0.15, 0.2) is 0 Å². The molecule has 27 heavy (non-hydrogen) atoms. The molecule has 0 unspecified atom stereocenters. The Kier molecular flexibility index (Phi) is 5.12. The number of likely N-dealkylation sites (N-methyl/N-ethyl adjacent to an activating group) is 1. The van der Waals surface area contributed by atoms with Gasteiger partial charge in [0, 0.05) is 49.9 Å². The Morgan fingerprint density at radius 1 is 1.22 bits per heavy atom. The maximum atomic E-state index is 4.95. The minimum Gasteiger partial charge on any atom is -0.356 e. The van der Waals surface area contributed by atoms with E-state index >= 15 is 0 Å². The number of imidazole rings is 1. The number of nitrogens with zero attached hydrogens (tertiary/aromatic N) is 5. The first kappa shape index (κ1) is 18.0. The normalized spacial score (nSPS) is 17.8. The van der Waals surface area contributed by atoms with Crippen LogP contribution >= 0.6 is 0 Å². The lowest BCUT2D eigenvalue weighted by Crippen LogP contribution is -2.36. The van der Waals surface area contributed by atoms with Gasteiger partial charge < -0.3 is 14.4 Å². The van der Waals surface area contributed by atoms with E-state index in [4.69, 9.17) is 9.97 Å². The van der Waals surface area contributed by atoms with Crippen molar-refractivity contribution in [2.45, 2.75) is 32.2 Å². The van der Waals surface area contributed by atoms with Gasteiger partial charge in [-0.05, 0) is 51.6 Å². The van der Waals surface area contributed by atoms with Crippen LogP contribution in [0, 0.1) is 6.92 Å². The molecular weight excluding hydrogens is 334 g/mol. The van der Waals surface area contributed by atoms with Crippen molar-refractivity contribution in [3.63, 3.8) is 0 Å². The first-order valence-corrected chi connectivity index (χ1v) is 9.89. The second-order valence-electron chi connectivity index (χ2n) is 7.88. The molecule has 0 radical (unpaired) electrons. The third-order valence-electron chi connectivity index (χ3n) is 5.56. The molecule has 0 N–H and O–H groups in total. The molecule has 0 aliphatic carbocycles. The van der Waals surface area contributed by atoms with E-state index in [0.29, 0.717) is 5.92 Å². The van der Waals surface area contributed by atoms with Crippen molar-refractivity contribution < 1.29 is 0 Å². The number of hydrogen-bond acceptors (Lipinski definition) is 4. The molecule has 3 heterocycles. The maximum Gasteiger partial charge on any atom is 0.129 e. The fourth-order valence-corrected chi connectivity index (χ4v) is 4.07. The second-order valence-corrected chi connectivity index (χ2v) is 7.88. The summed E-state index contributed by atoms with van der Waals surface area (Å²) in [7, 11) is 4.24. The summed E-state index contributed by atoms with van der Waals surface area (Å²) in [5.41, 5.74) is 2.38. The molecule has 5 heteroatoms. The van der Waals surface area contributed by atoms with Gasteiger partial charge in [0.2, 0.25) is 0 Å². The van der Waals surface area contributed by atoms with Crippen molar-refractivity contribution >= 4 is 16.7 Å². The molecule has 0 saturated carbocycles. The molecule has 3 aromatic rings. The van der Waals surface area contributed by atoms with Crippen LogP contribution in [0.1, 0.15) is 30.1 Å². The smallest absolute Gasteiger partial charge is 0.129 e. The van der Waals surface area contributed by atoms with E-state index in [9.17, 15) is 0 Å². The van der Waals surface area contributed by atoms with Gasteiger partial charge in [-0.25, -0.2) is 9.97 Å². The predicted molar refractivity (Wildman–Crippen MR) is 111 cm³/mol. The van der Waals surface area contributed by atoms with Crippen LogP contribution in [0.2, 0.25) is 0 Å². The van der Waals surface area contributed by atoms with Crippen molar-refractivity contribution in [2.24, 2.45) is 0 Å². The van der Waals surface area contributed by atoms with Crippen LogP contribution in [0.25, 0.3) is 10.9 Å². The first-order valence-electron chi connectivity index (χ1n) is 9.89. The van der Waals surface area contributed by atoms with E-state index in [0.717, 1.165) is 37.5 Å². The molecule has 1 aliphatic heterocycles. The predicted octanol–water partition coefficient (Wildman–Crippen LogP) is 3.69. The summed E-state index contributed by atoms with van der Waals surface area (Å²) >= 11 is 0. The fourth-order valence-electron chi connectivity index (χ4n) is 4.07. The van der Waals surface area contributed by atoms with Crippen molar-refractivity contribution in [1.29, 1.82) is 0 Å². The van der Waals surface area contributed by atoms with Gasteiger partial charge in [0.05, 0.1) is 5.52 Å². The second kappa shape index (κ2) is 7.69. The van der Waals surface area contributed by atoms with Gasteiger partial charge in [-0.2, -0.15) is 0 Å². The Hall–Kier alpha value is -2.40. The summed E-state index contributed by atoms with van der Waals surface area (Å²) in [5.74, 6) is 2.78. The van der Waals surface area contributed by atoms with Gasteiger partial charge in [0.1, 0.15) is 11.6 Å². The molecule has 1 atom stereocenters. The third kappa shape index (κ3) is 3.83. The lowest BCUT2D eigenvalue weighted by Gasteiger charge is -2.34. The van der Waals surface area contributed by atoms with E-state index in [-0.39, 0.29) is 0 Å². The van der Waals surface area contributed by atoms with Crippen LogP contribution < -0.4 is 4.90 Å². The number of fused-ring (bicyclic) bond motifs is 1. The number of rotatable bonds is 5. The van der Waals surface area contributed by atoms with Gasteiger partial charge in [0.25, 0.3) is 0 Å². The van der Waals surface area contributed by atoms with E-state index in [2.05, 4.69) is 71.9 Å². The van der Waals surface area contributed by atoms with E-state index in [1.807, 2.05) is 6.20 Å². The Balaban J connectivity index is 1.56. The molecule has 1 saturated heterocycles. The zero-order valence-corrected chi connectivity index (χ0v) is 16.6. The van der Waals surface area contributed by atoms with Crippen molar-refractivity contribution in [2.75, 3.05) is 38.6 Å². The summed E-state index contributed by atoms with van der Waals surface area (Å²) in [5, 5.41) is 1.24. The summed E-state index contributed by atoms with van der Waals surface area (Å²) in [6, 6.07) is 10.7. The quantitative estimate of drug-likeness (QED) is 0.693. The number of anilines is 1. The van der Waals surface area contributed by atoms with Crippen LogP contribution in [0.3, 0.4) is 0 Å². The largest absolute Gasteiger partial charge is 0.356 e. The van der Waals surface area contributed by atoms with Crippen molar-refractivity contribution in [1.82, 2.24) is 19.4 Å². The minimum atomic E-state index is 0.462. The van der Waals surface area contributed by atoms with E-state index in [1.165, 1.54) is 29.6 Å². The fraction of sp³-hybridized carbons (Fsp3) is 0.455. The van der Waals surface area contributed by atoms with Crippen LogP contribution in [-0.4, -0.2) is 53.2 Å². The van der Waals surface area contributed by atoms with Gasteiger partial charge in [-0.1, -0.05) is 18.2 Å². The minimum absolute atomic E-state index is 0.462. The number of para-hydroxylation sites is 1. The Morgan fingerprint density at radius 3 is 2.93 bits per heavy atom. The standard InChI is InChI=1S/C22H29N5/c1-17-15-21(24-20-9-5-4-8-19(17)20)27-11-6-7-18(16-27)22-23-10-12-26(22)14-13-25(2)3/h4-5,8-10,12,15,18H,6-7,11,13-14,16H2,1-3H3/t18-/m1/s1. The van der Waals surface area contributed by atoms with Crippen molar-refractivity contribution in [3.05, 3.63) is 54.1 Å². The summed E-state index contributed by atoms with van der Waals surface area (Å²) in [6.45, 7) is 6.27. The lowest BCUT2D eigenvalue weighted by molar-refractivity contribution is 0.373. The Labute approximate surface area is 161 Å². The molecule has 4 rings (SSSR count). The third-order valence-corrected chi connectivity index (χ3v) is 5.56. The highest BCUT2D eigenvalue weighted by Gasteiger charge is 2.25. The average molecular weight is 364 g/mol. The number of pyridine rings is 1. The molecule has 1 aliphatic rings. The number of benzene rings is 1. The summed E-state index contributed by atoms with van der Waals surface area (Å²) in [4.78, 5) is 14.3. The zero-order chi connectivity index (χ0) is 18.8. The topological polar surface area (TPSA) is 37.2 Å². The highest BCUT2D eigenvalue weighted by atomic mass is 15.2. The van der Waals surface area contributed by atoms with Crippen LogP contribution in [0.15, 0.2) is 42.7 Å². The molecular formula is C22H29N5. The average Bonchev–Trinajstić information content (AvgIpc) is 3.15.